The number of hydrogen-bond acceptors (Lipinski definition) is 4. The van der Waals surface area contributed by atoms with Gasteiger partial charge in [0, 0.05) is 52.1 Å². The Morgan fingerprint density at radius 2 is 2.20 bits per heavy atom. The molecule has 1 N–H and O–H groups in total. The predicted octanol–water partition coefficient (Wildman–Crippen LogP) is 2.14. The number of ether oxygens (including phenoxy) is 2. The van der Waals surface area contributed by atoms with Gasteiger partial charge in [0.25, 0.3) is 0 Å². The molecule has 0 spiro atoms. The Morgan fingerprint density at radius 3 is 2.80 bits per heavy atom. The summed E-state index contributed by atoms with van der Waals surface area (Å²) in [5.74, 6) is 1.07. The van der Waals surface area contributed by atoms with E-state index >= 15 is 0 Å². The molecule has 2 heterocycles. The van der Waals surface area contributed by atoms with Gasteiger partial charge in [-0.05, 0) is 19.9 Å². The molecule has 0 aliphatic carbocycles. The molecule has 1 aliphatic rings. The molecular weight excluding hydrogens is 254 g/mol. The second-order valence-electron chi connectivity index (χ2n) is 5.34. The number of nitrogens with zero attached hydrogens (tertiary/aromatic N) is 2. The van der Waals surface area contributed by atoms with Gasteiger partial charge in [-0.2, -0.15) is 0 Å². The lowest BCUT2D eigenvalue weighted by molar-refractivity contribution is -0.113. The predicted molar refractivity (Wildman–Crippen MR) is 78.7 cm³/mol. The fourth-order valence-corrected chi connectivity index (χ4v) is 2.98. The lowest BCUT2D eigenvalue weighted by Gasteiger charge is -2.42. The summed E-state index contributed by atoms with van der Waals surface area (Å²) >= 11 is 0. The van der Waals surface area contributed by atoms with Crippen LogP contribution in [0.25, 0.3) is 0 Å². The lowest BCUT2D eigenvalue weighted by Crippen LogP contribution is -2.50. The van der Waals surface area contributed by atoms with Crippen LogP contribution in [0.15, 0.2) is 12.4 Å². The van der Waals surface area contributed by atoms with Gasteiger partial charge in [-0.25, -0.2) is 4.98 Å². The van der Waals surface area contributed by atoms with Gasteiger partial charge in [-0.15, -0.1) is 0 Å². The summed E-state index contributed by atoms with van der Waals surface area (Å²) in [5, 5.41) is 3.64. The Kier molecular flexibility index (Phi) is 5.57. The number of aryl methyl sites for hydroxylation is 1. The molecule has 0 aromatic carbocycles. The lowest BCUT2D eigenvalue weighted by atomic mass is 9.85. The Hall–Kier alpha value is -0.910. The van der Waals surface area contributed by atoms with Crippen LogP contribution in [0.5, 0.6) is 0 Å². The summed E-state index contributed by atoms with van der Waals surface area (Å²) in [6.45, 7) is 7.73. The van der Waals surface area contributed by atoms with Gasteiger partial charge < -0.3 is 19.4 Å². The first-order valence-electron chi connectivity index (χ1n) is 7.64. The molecule has 1 saturated heterocycles. The maximum atomic E-state index is 5.97. The maximum Gasteiger partial charge on any atom is 0.128 e. The van der Waals surface area contributed by atoms with Crippen molar-refractivity contribution in [2.75, 3.05) is 26.9 Å². The first-order valence-corrected chi connectivity index (χ1v) is 7.64. The van der Waals surface area contributed by atoms with Gasteiger partial charge in [0.15, 0.2) is 0 Å². The van der Waals surface area contributed by atoms with Crippen molar-refractivity contribution in [3.8, 4) is 0 Å². The van der Waals surface area contributed by atoms with E-state index in [0.717, 1.165) is 51.4 Å². The molecule has 1 atom stereocenters. The Morgan fingerprint density at radius 1 is 1.45 bits per heavy atom. The van der Waals surface area contributed by atoms with Gasteiger partial charge >= 0.3 is 0 Å². The molecule has 0 radical (unpaired) electrons. The zero-order valence-corrected chi connectivity index (χ0v) is 12.9. The van der Waals surface area contributed by atoms with Crippen LogP contribution < -0.4 is 5.32 Å². The van der Waals surface area contributed by atoms with Crippen molar-refractivity contribution in [2.45, 2.75) is 51.3 Å². The SMILES string of the molecule is CCCNC(c1nccn1CC)C1(OC)CCOCC1. The van der Waals surface area contributed by atoms with E-state index in [2.05, 4.69) is 28.7 Å². The van der Waals surface area contributed by atoms with E-state index < -0.39 is 0 Å². The Labute approximate surface area is 121 Å². The van der Waals surface area contributed by atoms with E-state index in [1.54, 1.807) is 0 Å². The fourth-order valence-electron chi connectivity index (χ4n) is 2.98. The minimum absolute atomic E-state index is 0.117. The van der Waals surface area contributed by atoms with Crippen molar-refractivity contribution in [1.82, 2.24) is 14.9 Å². The van der Waals surface area contributed by atoms with E-state index in [1.807, 2.05) is 19.5 Å². The number of imidazole rings is 1. The van der Waals surface area contributed by atoms with Crippen LogP contribution in [0.1, 0.15) is 45.0 Å². The maximum absolute atomic E-state index is 5.97. The second kappa shape index (κ2) is 7.20. The van der Waals surface area contributed by atoms with Crippen molar-refractivity contribution in [1.29, 1.82) is 0 Å². The van der Waals surface area contributed by atoms with Crippen LogP contribution in [0.4, 0.5) is 0 Å². The van der Waals surface area contributed by atoms with E-state index in [0.29, 0.717) is 0 Å². The standard InChI is InChI=1S/C15H27N3O2/c1-4-8-16-13(14-17-9-10-18(14)5-2)15(19-3)6-11-20-12-7-15/h9-10,13,16H,4-8,11-12H2,1-3H3. The van der Waals surface area contributed by atoms with E-state index in [9.17, 15) is 0 Å². The van der Waals surface area contributed by atoms with Crippen molar-refractivity contribution >= 4 is 0 Å². The first kappa shape index (κ1) is 15.5. The highest BCUT2D eigenvalue weighted by Crippen LogP contribution is 2.36. The fraction of sp³-hybridized carbons (Fsp3) is 0.800. The highest BCUT2D eigenvalue weighted by molar-refractivity contribution is 5.09. The third-order valence-corrected chi connectivity index (χ3v) is 4.22. The molecular formula is C15H27N3O2. The normalized spacial score (nSPS) is 19.9. The van der Waals surface area contributed by atoms with Gasteiger partial charge in [0.2, 0.25) is 0 Å². The molecule has 114 valence electrons. The smallest absolute Gasteiger partial charge is 0.128 e. The summed E-state index contributed by atoms with van der Waals surface area (Å²) in [7, 11) is 1.81. The molecule has 5 nitrogen and oxygen atoms in total. The molecule has 1 unspecified atom stereocenters. The summed E-state index contributed by atoms with van der Waals surface area (Å²) in [4.78, 5) is 4.59. The van der Waals surface area contributed by atoms with Gasteiger partial charge in [-0.1, -0.05) is 6.92 Å². The molecule has 1 aliphatic heterocycles. The van der Waals surface area contributed by atoms with Crippen molar-refractivity contribution in [3.05, 3.63) is 18.2 Å². The zero-order valence-electron chi connectivity index (χ0n) is 12.9. The molecule has 1 aromatic heterocycles. The Bertz CT molecular complexity index is 400. The molecule has 0 amide bonds. The molecule has 0 bridgehead atoms. The monoisotopic (exact) mass is 281 g/mol. The molecule has 20 heavy (non-hydrogen) atoms. The number of methoxy groups -OCH3 is 1. The third kappa shape index (κ3) is 3.05. The van der Waals surface area contributed by atoms with E-state index in [-0.39, 0.29) is 11.6 Å². The third-order valence-electron chi connectivity index (χ3n) is 4.22. The van der Waals surface area contributed by atoms with Crippen LogP contribution >= 0.6 is 0 Å². The van der Waals surface area contributed by atoms with Crippen LogP contribution in [-0.2, 0) is 16.0 Å². The topological polar surface area (TPSA) is 48.3 Å². The first-order chi connectivity index (χ1) is 9.77. The largest absolute Gasteiger partial charge is 0.381 e. The van der Waals surface area contributed by atoms with Crippen molar-refractivity contribution in [3.63, 3.8) is 0 Å². The average Bonchev–Trinajstić information content (AvgIpc) is 2.97. The number of hydrogen-bond donors (Lipinski definition) is 1. The summed E-state index contributed by atoms with van der Waals surface area (Å²) in [6.07, 6.45) is 6.82. The highest BCUT2D eigenvalue weighted by Gasteiger charge is 2.43. The minimum atomic E-state index is -0.217. The summed E-state index contributed by atoms with van der Waals surface area (Å²) in [5.41, 5.74) is -0.217. The number of aromatic nitrogens is 2. The molecule has 1 fully saturated rings. The van der Waals surface area contributed by atoms with Crippen molar-refractivity contribution in [2.24, 2.45) is 0 Å². The van der Waals surface area contributed by atoms with Gasteiger partial charge in [-0.3, -0.25) is 0 Å². The summed E-state index contributed by atoms with van der Waals surface area (Å²) in [6, 6.07) is 0.117. The molecule has 2 rings (SSSR count). The molecule has 1 aromatic rings. The molecule has 0 saturated carbocycles. The van der Waals surface area contributed by atoms with Crippen LogP contribution in [0, 0.1) is 0 Å². The molecule has 5 heteroatoms. The van der Waals surface area contributed by atoms with E-state index in [4.69, 9.17) is 9.47 Å². The van der Waals surface area contributed by atoms with Gasteiger partial charge in [0.05, 0.1) is 11.6 Å². The number of rotatable bonds is 7. The van der Waals surface area contributed by atoms with Crippen LogP contribution in [-0.4, -0.2) is 42.0 Å². The Balaban J connectivity index is 2.30. The van der Waals surface area contributed by atoms with Crippen molar-refractivity contribution < 1.29 is 9.47 Å². The van der Waals surface area contributed by atoms with E-state index in [1.165, 1.54) is 0 Å². The number of nitrogens with one attached hydrogen (secondary N) is 1. The highest BCUT2D eigenvalue weighted by atomic mass is 16.5. The second-order valence-corrected chi connectivity index (χ2v) is 5.34. The minimum Gasteiger partial charge on any atom is -0.381 e. The average molecular weight is 281 g/mol. The van der Waals surface area contributed by atoms with Crippen LogP contribution in [0.2, 0.25) is 0 Å². The van der Waals surface area contributed by atoms with Crippen LogP contribution in [0.3, 0.4) is 0 Å². The quantitative estimate of drug-likeness (QED) is 0.832. The zero-order chi connectivity index (χ0) is 14.4. The van der Waals surface area contributed by atoms with Gasteiger partial charge in [0.1, 0.15) is 5.82 Å². The summed E-state index contributed by atoms with van der Waals surface area (Å²) < 4.78 is 13.7.